The van der Waals surface area contributed by atoms with E-state index in [9.17, 15) is 10.2 Å². The van der Waals surface area contributed by atoms with Gasteiger partial charge in [-0.3, -0.25) is 0 Å². The molecular formula is C9H13NO3. The lowest BCUT2D eigenvalue weighted by Gasteiger charge is -2.06. The maximum Gasteiger partial charge on any atom is 0.119 e. The van der Waals surface area contributed by atoms with E-state index in [2.05, 4.69) is 4.84 Å². The van der Waals surface area contributed by atoms with Crippen molar-refractivity contribution >= 4 is 0 Å². The number of nitrogens with two attached hydrogens (primary N) is 1. The van der Waals surface area contributed by atoms with Gasteiger partial charge in [0.25, 0.3) is 0 Å². The Balaban J connectivity index is 2.88. The highest BCUT2D eigenvalue weighted by molar-refractivity contribution is 5.44. The minimum absolute atomic E-state index is 0.160. The second-order valence-corrected chi connectivity index (χ2v) is 2.89. The van der Waals surface area contributed by atoms with E-state index in [1.54, 1.807) is 6.92 Å². The van der Waals surface area contributed by atoms with Gasteiger partial charge in [-0.15, -0.1) is 0 Å². The quantitative estimate of drug-likeness (QED) is 0.479. The highest BCUT2D eigenvalue weighted by atomic mass is 16.6. The van der Waals surface area contributed by atoms with Crippen LogP contribution in [0.25, 0.3) is 0 Å². The fraction of sp³-hybridized carbons (Fsp3) is 0.333. The van der Waals surface area contributed by atoms with Crippen LogP contribution in [0.5, 0.6) is 11.5 Å². The molecule has 0 aliphatic carbocycles. The number of phenols is 2. The Hall–Kier alpha value is -1.26. The van der Waals surface area contributed by atoms with Gasteiger partial charge >= 0.3 is 0 Å². The van der Waals surface area contributed by atoms with Gasteiger partial charge in [0.2, 0.25) is 0 Å². The standard InChI is InChI=1S/C9H13NO3/c1-6-4-9(12)7(2-3-13-10)5-8(6)11/h4-5,11-12H,2-3,10H2,1H3. The zero-order valence-corrected chi connectivity index (χ0v) is 7.45. The first-order valence-electron chi connectivity index (χ1n) is 3.98. The second kappa shape index (κ2) is 4.11. The Morgan fingerprint density at radius 2 is 2.00 bits per heavy atom. The molecule has 0 atom stereocenters. The zero-order chi connectivity index (χ0) is 9.84. The molecule has 0 radical (unpaired) electrons. The van der Waals surface area contributed by atoms with Crippen LogP contribution >= 0.6 is 0 Å². The second-order valence-electron chi connectivity index (χ2n) is 2.89. The minimum atomic E-state index is 0.160. The van der Waals surface area contributed by atoms with Crippen molar-refractivity contribution in [1.82, 2.24) is 0 Å². The van der Waals surface area contributed by atoms with E-state index in [1.165, 1.54) is 12.1 Å². The van der Waals surface area contributed by atoms with Gasteiger partial charge in [0.1, 0.15) is 11.5 Å². The van der Waals surface area contributed by atoms with Crippen LogP contribution in [0.1, 0.15) is 11.1 Å². The first kappa shape index (κ1) is 9.83. The zero-order valence-electron chi connectivity index (χ0n) is 7.45. The molecule has 0 aliphatic heterocycles. The lowest BCUT2D eigenvalue weighted by Crippen LogP contribution is -2.03. The molecule has 0 saturated heterocycles. The van der Waals surface area contributed by atoms with Crippen LogP contribution in [0.3, 0.4) is 0 Å². The maximum atomic E-state index is 9.43. The van der Waals surface area contributed by atoms with Crippen LogP contribution in [0.4, 0.5) is 0 Å². The Bertz CT molecular complexity index is 299. The first-order valence-corrected chi connectivity index (χ1v) is 3.98. The van der Waals surface area contributed by atoms with E-state index >= 15 is 0 Å². The van der Waals surface area contributed by atoms with Gasteiger partial charge in [-0.25, -0.2) is 5.90 Å². The van der Waals surface area contributed by atoms with Crippen molar-refractivity contribution in [2.45, 2.75) is 13.3 Å². The first-order chi connectivity index (χ1) is 6.15. The third kappa shape index (κ3) is 2.34. The highest BCUT2D eigenvalue weighted by Crippen LogP contribution is 2.26. The molecule has 0 aliphatic rings. The maximum absolute atomic E-state index is 9.43. The van der Waals surface area contributed by atoms with E-state index in [0.717, 1.165) is 0 Å². The largest absolute Gasteiger partial charge is 0.508 e. The predicted molar refractivity (Wildman–Crippen MR) is 48.4 cm³/mol. The average molecular weight is 183 g/mol. The number of phenolic OH excluding ortho intramolecular Hbond substituents is 2. The van der Waals surface area contributed by atoms with E-state index in [-0.39, 0.29) is 11.5 Å². The number of aromatic hydroxyl groups is 2. The summed E-state index contributed by atoms with van der Waals surface area (Å²) in [6.45, 7) is 2.04. The Morgan fingerprint density at radius 3 is 2.62 bits per heavy atom. The van der Waals surface area contributed by atoms with E-state index < -0.39 is 0 Å². The molecule has 0 saturated carbocycles. The predicted octanol–water partition coefficient (Wildman–Crippen LogP) is 0.839. The van der Waals surface area contributed by atoms with Gasteiger partial charge in [0.15, 0.2) is 0 Å². The third-order valence-electron chi connectivity index (χ3n) is 1.89. The summed E-state index contributed by atoms with van der Waals surface area (Å²) in [4.78, 5) is 4.38. The summed E-state index contributed by atoms with van der Waals surface area (Å²) in [7, 11) is 0. The molecule has 0 aromatic heterocycles. The molecule has 1 aromatic rings. The molecule has 0 spiro atoms. The number of hydrogen-bond acceptors (Lipinski definition) is 4. The van der Waals surface area contributed by atoms with Crippen molar-refractivity contribution in [1.29, 1.82) is 0 Å². The van der Waals surface area contributed by atoms with Gasteiger partial charge in [-0.2, -0.15) is 0 Å². The highest BCUT2D eigenvalue weighted by Gasteiger charge is 2.05. The molecular weight excluding hydrogens is 170 g/mol. The van der Waals surface area contributed by atoms with Crippen LogP contribution in [0.15, 0.2) is 12.1 Å². The molecule has 1 rings (SSSR count). The summed E-state index contributed by atoms with van der Waals surface area (Å²) in [6.07, 6.45) is 0.482. The summed E-state index contributed by atoms with van der Waals surface area (Å²) in [5, 5.41) is 18.8. The lowest BCUT2D eigenvalue weighted by atomic mass is 10.1. The average Bonchev–Trinajstić information content (AvgIpc) is 2.09. The Kier molecular flexibility index (Phi) is 3.11. The van der Waals surface area contributed by atoms with Crippen LogP contribution < -0.4 is 5.90 Å². The van der Waals surface area contributed by atoms with Crippen LogP contribution in [-0.4, -0.2) is 16.8 Å². The molecule has 0 amide bonds. The van der Waals surface area contributed by atoms with Crippen molar-refractivity contribution in [2.75, 3.05) is 6.61 Å². The van der Waals surface area contributed by atoms with Crippen LogP contribution in [0.2, 0.25) is 0 Å². The molecule has 4 nitrogen and oxygen atoms in total. The fourth-order valence-corrected chi connectivity index (χ4v) is 1.09. The van der Waals surface area contributed by atoms with Gasteiger partial charge < -0.3 is 15.1 Å². The SMILES string of the molecule is Cc1cc(O)c(CCON)cc1O. The van der Waals surface area contributed by atoms with E-state index in [1.807, 2.05) is 0 Å². The van der Waals surface area contributed by atoms with E-state index in [4.69, 9.17) is 5.90 Å². The molecule has 4 N–H and O–H groups in total. The molecule has 4 heteroatoms. The van der Waals surface area contributed by atoms with Crippen LogP contribution in [0, 0.1) is 6.92 Å². The van der Waals surface area contributed by atoms with Gasteiger partial charge in [0.05, 0.1) is 6.61 Å². The molecule has 72 valence electrons. The fourth-order valence-electron chi connectivity index (χ4n) is 1.09. The number of benzene rings is 1. The van der Waals surface area contributed by atoms with E-state index in [0.29, 0.717) is 24.2 Å². The van der Waals surface area contributed by atoms with Crippen molar-refractivity contribution in [3.05, 3.63) is 23.3 Å². The number of rotatable bonds is 3. The summed E-state index contributed by atoms with van der Waals surface area (Å²) >= 11 is 0. The van der Waals surface area contributed by atoms with Crippen molar-refractivity contribution < 1.29 is 15.1 Å². The summed E-state index contributed by atoms with van der Waals surface area (Å²) in [5.41, 5.74) is 1.28. The molecule has 0 heterocycles. The van der Waals surface area contributed by atoms with Crippen LogP contribution in [-0.2, 0) is 11.3 Å². The molecule has 0 bridgehead atoms. The molecule has 0 fully saturated rings. The molecule has 0 unspecified atom stereocenters. The lowest BCUT2D eigenvalue weighted by molar-refractivity contribution is 0.140. The van der Waals surface area contributed by atoms with Gasteiger partial charge in [-0.1, -0.05) is 0 Å². The van der Waals surface area contributed by atoms with Crippen molar-refractivity contribution in [3.8, 4) is 11.5 Å². The van der Waals surface area contributed by atoms with Crippen molar-refractivity contribution in [2.24, 2.45) is 5.90 Å². The monoisotopic (exact) mass is 183 g/mol. The van der Waals surface area contributed by atoms with Gasteiger partial charge in [-0.05, 0) is 30.2 Å². The number of hydrogen-bond donors (Lipinski definition) is 3. The summed E-state index contributed by atoms with van der Waals surface area (Å²) in [6, 6.07) is 3.03. The Morgan fingerprint density at radius 1 is 1.31 bits per heavy atom. The smallest absolute Gasteiger partial charge is 0.119 e. The summed E-state index contributed by atoms with van der Waals surface area (Å²) in [5.74, 6) is 5.18. The van der Waals surface area contributed by atoms with Crippen molar-refractivity contribution in [3.63, 3.8) is 0 Å². The Labute approximate surface area is 76.5 Å². The molecule has 13 heavy (non-hydrogen) atoms. The normalized spacial score (nSPS) is 10.3. The minimum Gasteiger partial charge on any atom is -0.508 e. The number of aryl methyl sites for hydroxylation is 1. The topological polar surface area (TPSA) is 75.7 Å². The third-order valence-corrected chi connectivity index (χ3v) is 1.89. The molecule has 1 aromatic carbocycles. The van der Waals surface area contributed by atoms with Gasteiger partial charge in [0, 0.05) is 6.42 Å². The summed E-state index contributed by atoms with van der Waals surface area (Å²) < 4.78 is 0.